The first-order valence-corrected chi connectivity index (χ1v) is 12.9. The number of nitrogens with zero attached hydrogens (tertiary/aromatic N) is 2. The molecule has 1 fully saturated rings. The van der Waals surface area contributed by atoms with Crippen LogP contribution in [0.25, 0.3) is 0 Å². The summed E-state index contributed by atoms with van der Waals surface area (Å²) in [5.41, 5.74) is -0.700. The first-order chi connectivity index (χ1) is 19.4. The number of amides is 3. The maximum atomic E-state index is 13.8. The van der Waals surface area contributed by atoms with E-state index >= 15 is 0 Å². The molecule has 0 bridgehead atoms. The molecule has 2 aliphatic carbocycles. The van der Waals surface area contributed by atoms with Gasteiger partial charge in [0.25, 0.3) is 0 Å². The van der Waals surface area contributed by atoms with Crippen LogP contribution < -0.4 is 10.6 Å². The number of carbonyl (C=O) groups is 3. The Hall–Kier alpha value is -4.35. The summed E-state index contributed by atoms with van der Waals surface area (Å²) in [4.78, 5) is 43.9. The Balaban J connectivity index is 1.21. The summed E-state index contributed by atoms with van der Waals surface area (Å²) in [6, 6.07) is 11.1. The zero-order valence-electron chi connectivity index (χ0n) is 21.4. The molecule has 212 valence electrons. The van der Waals surface area contributed by atoms with E-state index in [1.165, 1.54) is 0 Å². The Bertz CT molecular complexity index is 1580. The molecule has 2 aromatic carbocycles. The van der Waals surface area contributed by atoms with Gasteiger partial charge in [-0.05, 0) is 72.7 Å². The molecule has 0 unspecified atom stereocenters. The van der Waals surface area contributed by atoms with Gasteiger partial charge in [0, 0.05) is 30.1 Å². The van der Waals surface area contributed by atoms with Crippen molar-refractivity contribution in [1.82, 2.24) is 9.88 Å². The van der Waals surface area contributed by atoms with Gasteiger partial charge in [-0.3, -0.25) is 14.4 Å². The van der Waals surface area contributed by atoms with Gasteiger partial charge in [0.05, 0.1) is 5.41 Å². The highest BCUT2D eigenvalue weighted by molar-refractivity contribution is 6.06. The molecule has 3 amide bonds. The van der Waals surface area contributed by atoms with Gasteiger partial charge in [-0.25, -0.2) is 13.8 Å². The van der Waals surface area contributed by atoms with Gasteiger partial charge >= 0.3 is 6.18 Å². The van der Waals surface area contributed by atoms with Crippen molar-refractivity contribution in [2.75, 3.05) is 17.2 Å². The maximum Gasteiger partial charge on any atom is 0.403 e. The third-order valence-electron chi connectivity index (χ3n) is 8.08. The highest BCUT2D eigenvalue weighted by atomic mass is 19.4. The molecule has 1 saturated carbocycles. The number of hydrogen-bond donors (Lipinski definition) is 2. The Kier molecular flexibility index (Phi) is 6.13. The van der Waals surface area contributed by atoms with Gasteiger partial charge in [-0.1, -0.05) is 12.1 Å². The highest BCUT2D eigenvalue weighted by Crippen LogP contribution is 2.58. The molecule has 1 aliphatic heterocycles. The summed E-state index contributed by atoms with van der Waals surface area (Å²) in [6.45, 7) is -1.36. The molecular weight excluding hydrogens is 547 g/mol. The van der Waals surface area contributed by atoms with Gasteiger partial charge in [0.1, 0.15) is 29.4 Å². The van der Waals surface area contributed by atoms with Crippen molar-refractivity contribution < 1.29 is 36.3 Å². The van der Waals surface area contributed by atoms with Gasteiger partial charge in [-0.15, -0.1) is 0 Å². The normalized spacial score (nSPS) is 19.9. The minimum atomic E-state index is -4.83. The number of halogens is 5. The molecule has 1 atom stereocenters. The van der Waals surface area contributed by atoms with Gasteiger partial charge < -0.3 is 15.5 Å². The second kappa shape index (κ2) is 9.35. The van der Waals surface area contributed by atoms with Crippen LogP contribution in [-0.2, 0) is 39.2 Å². The first-order valence-electron chi connectivity index (χ1n) is 12.9. The Morgan fingerprint density at radius 3 is 2.39 bits per heavy atom. The standard InChI is InChI=1S/C29H23F5N4O3/c30-19-8-16(9-20(31)11-19)14-38(26(41)28(5-6-28)29(32,33)34)15-23(39)36-21-4-3-17-12-27(13-18(17)10-21)22-2-1-7-35-24(22)37-25(27)40/h1-4,7-11H,5-6,12-15H2,(H,36,39)(H,35,37,40)/t27-/m1/s1. The molecule has 2 N–H and O–H groups in total. The van der Waals surface area contributed by atoms with Crippen LogP contribution in [0, 0.1) is 17.0 Å². The lowest BCUT2D eigenvalue weighted by atomic mass is 9.79. The molecule has 1 spiro atoms. The van der Waals surface area contributed by atoms with E-state index in [0.717, 1.165) is 28.8 Å². The van der Waals surface area contributed by atoms with Gasteiger partial charge in [0.2, 0.25) is 17.7 Å². The molecule has 6 rings (SSSR count). The fourth-order valence-corrected chi connectivity index (χ4v) is 5.89. The summed E-state index contributed by atoms with van der Waals surface area (Å²) in [6.07, 6.45) is -3.30. The van der Waals surface area contributed by atoms with Crippen LogP contribution in [0.15, 0.2) is 54.7 Å². The highest BCUT2D eigenvalue weighted by Gasteiger charge is 2.69. The van der Waals surface area contributed by atoms with E-state index in [2.05, 4.69) is 15.6 Å². The van der Waals surface area contributed by atoms with Crippen LogP contribution in [0.3, 0.4) is 0 Å². The predicted molar refractivity (Wildman–Crippen MR) is 137 cm³/mol. The quantitative estimate of drug-likeness (QED) is 0.422. The number of benzene rings is 2. The molecule has 41 heavy (non-hydrogen) atoms. The Labute approximate surface area is 230 Å². The number of alkyl halides is 3. The topological polar surface area (TPSA) is 91.4 Å². The van der Waals surface area contributed by atoms with E-state index in [4.69, 9.17) is 0 Å². The van der Waals surface area contributed by atoms with E-state index < -0.39 is 66.4 Å². The number of fused-ring (bicyclic) bond motifs is 3. The molecule has 12 heteroatoms. The van der Waals surface area contributed by atoms with Crippen LogP contribution in [-0.4, -0.2) is 40.3 Å². The largest absolute Gasteiger partial charge is 0.403 e. The van der Waals surface area contributed by atoms with E-state index in [9.17, 15) is 36.3 Å². The zero-order chi connectivity index (χ0) is 29.2. The fraction of sp³-hybridized carbons (Fsp3) is 0.310. The smallest absolute Gasteiger partial charge is 0.328 e. The molecular formula is C29H23F5N4O3. The van der Waals surface area contributed by atoms with Crippen LogP contribution in [0.1, 0.15) is 35.1 Å². The van der Waals surface area contributed by atoms with Gasteiger partial charge in [-0.2, -0.15) is 13.2 Å². The van der Waals surface area contributed by atoms with Crippen molar-refractivity contribution in [3.63, 3.8) is 0 Å². The number of anilines is 2. The molecule has 1 aromatic heterocycles. The average molecular weight is 571 g/mol. The lowest BCUT2D eigenvalue weighted by molar-refractivity contribution is -0.199. The van der Waals surface area contributed by atoms with Crippen LogP contribution in [0.5, 0.6) is 0 Å². The number of nitrogens with one attached hydrogen (secondary N) is 2. The minimum Gasteiger partial charge on any atom is -0.328 e. The van der Waals surface area contributed by atoms with Crippen molar-refractivity contribution >= 4 is 29.2 Å². The summed E-state index contributed by atoms with van der Waals surface area (Å²) in [7, 11) is 0. The second-order valence-corrected chi connectivity index (χ2v) is 10.8. The number of carbonyl (C=O) groups excluding carboxylic acids is 3. The molecule has 2 heterocycles. The van der Waals surface area contributed by atoms with Crippen molar-refractivity contribution in [3.05, 3.63) is 88.6 Å². The molecule has 7 nitrogen and oxygen atoms in total. The van der Waals surface area contributed by atoms with E-state index in [1.54, 1.807) is 30.5 Å². The lowest BCUT2D eigenvalue weighted by Crippen LogP contribution is -2.46. The second-order valence-electron chi connectivity index (χ2n) is 10.8. The summed E-state index contributed by atoms with van der Waals surface area (Å²) in [5, 5.41) is 5.42. The van der Waals surface area contributed by atoms with E-state index in [-0.39, 0.29) is 11.5 Å². The monoisotopic (exact) mass is 570 g/mol. The number of aromatic nitrogens is 1. The average Bonchev–Trinajstić information content (AvgIpc) is 3.57. The van der Waals surface area contributed by atoms with Crippen molar-refractivity contribution in [3.8, 4) is 0 Å². The zero-order valence-corrected chi connectivity index (χ0v) is 21.4. The van der Waals surface area contributed by atoms with Crippen LogP contribution >= 0.6 is 0 Å². The Morgan fingerprint density at radius 1 is 1.00 bits per heavy atom. The van der Waals surface area contributed by atoms with Crippen LogP contribution in [0.4, 0.5) is 33.5 Å². The SMILES string of the molecule is O=C(CN(Cc1cc(F)cc(F)c1)C(=O)C1(C(F)(F)F)CC1)Nc1ccc2c(c1)C[C@@]1(C2)C(=O)Nc2ncccc21. The predicted octanol–water partition coefficient (Wildman–Crippen LogP) is 4.66. The lowest BCUT2D eigenvalue weighted by Gasteiger charge is -2.28. The molecule has 0 saturated heterocycles. The molecule has 3 aromatic rings. The number of pyridine rings is 1. The maximum absolute atomic E-state index is 13.8. The van der Waals surface area contributed by atoms with Crippen LogP contribution in [0.2, 0.25) is 0 Å². The summed E-state index contributed by atoms with van der Waals surface area (Å²) < 4.78 is 68.7. The Morgan fingerprint density at radius 2 is 1.71 bits per heavy atom. The third kappa shape index (κ3) is 4.60. The molecule has 0 radical (unpaired) electrons. The number of rotatable bonds is 6. The number of hydrogen-bond acceptors (Lipinski definition) is 4. The van der Waals surface area contributed by atoms with Crippen molar-refractivity contribution in [1.29, 1.82) is 0 Å². The van der Waals surface area contributed by atoms with E-state index in [1.807, 2.05) is 6.07 Å². The van der Waals surface area contributed by atoms with Crippen molar-refractivity contribution in [2.45, 2.75) is 43.8 Å². The summed E-state index contributed by atoms with van der Waals surface area (Å²) >= 11 is 0. The third-order valence-corrected chi connectivity index (χ3v) is 8.08. The van der Waals surface area contributed by atoms with Crippen molar-refractivity contribution in [2.24, 2.45) is 5.41 Å². The first kappa shape index (κ1) is 26.9. The minimum absolute atomic E-state index is 0.0888. The molecule has 3 aliphatic rings. The van der Waals surface area contributed by atoms with E-state index in [0.29, 0.717) is 35.3 Å². The fourth-order valence-electron chi connectivity index (χ4n) is 5.89. The van der Waals surface area contributed by atoms with Gasteiger partial charge in [0.15, 0.2) is 0 Å². The summed E-state index contributed by atoms with van der Waals surface area (Å²) in [5.74, 6) is -3.68.